The molecular formula is C16H15ClN2O2. The highest BCUT2D eigenvalue weighted by Crippen LogP contribution is 2.26. The Balaban J connectivity index is 1.58. The molecule has 0 unspecified atom stereocenters. The number of aromatic nitrogens is 1. The van der Waals surface area contributed by atoms with Crippen molar-refractivity contribution in [3.8, 4) is 5.75 Å². The largest absolute Gasteiger partial charge is 0.493 e. The lowest BCUT2D eigenvalue weighted by molar-refractivity contribution is -0.116. The Morgan fingerprint density at radius 2 is 2.29 bits per heavy atom. The number of pyridine rings is 1. The highest BCUT2D eigenvalue weighted by Gasteiger charge is 2.12. The van der Waals surface area contributed by atoms with E-state index in [1.54, 1.807) is 18.3 Å². The van der Waals surface area contributed by atoms with E-state index in [-0.39, 0.29) is 5.91 Å². The van der Waals surface area contributed by atoms with Crippen LogP contribution in [0.4, 0.5) is 5.69 Å². The van der Waals surface area contributed by atoms with Gasteiger partial charge in [0.15, 0.2) is 5.15 Å². The van der Waals surface area contributed by atoms with E-state index in [4.69, 9.17) is 16.3 Å². The number of amides is 1. The number of carbonyl (C=O) groups excluding carboxylic acids is 1. The molecule has 2 heterocycles. The number of hydrogen-bond donors (Lipinski definition) is 1. The van der Waals surface area contributed by atoms with Crippen LogP contribution >= 0.6 is 11.6 Å². The molecule has 3 rings (SSSR count). The molecule has 1 aliphatic heterocycles. The second-order valence-corrected chi connectivity index (χ2v) is 5.29. The highest BCUT2D eigenvalue weighted by atomic mass is 35.5. The molecule has 1 aromatic heterocycles. The Morgan fingerprint density at radius 1 is 1.38 bits per heavy atom. The van der Waals surface area contributed by atoms with Crippen LogP contribution < -0.4 is 10.1 Å². The zero-order valence-electron chi connectivity index (χ0n) is 11.4. The SMILES string of the molecule is O=C(CCc1ccc2c(c1)CCO2)Nc1cccnc1Cl. The summed E-state index contributed by atoms with van der Waals surface area (Å²) in [5, 5.41) is 3.08. The first-order valence-corrected chi connectivity index (χ1v) is 7.25. The Morgan fingerprint density at radius 3 is 3.14 bits per heavy atom. The van der Waals surface area contributed by atoms with Gasteiger partial charge in [-0.3, -0.25) is 4.79 Å². The predicted molar refractivity (Wildman–Crippen MR) is 81.8 cm³/mol. The summed E-state index contributed by atoms with van der Waals surface area (Å²) in [4.78, 5) is 15.9. The molecule has 108 valence electrons. The van der Waals surface area contributed by atoms with Gasteiger partial charge in [-0.1, -0.05) is 23.7 Å². The van der Waals surface area contributed by atoms with Crippen molar-refractivity contribution in [1.29, 1.82) is 0 Å². The van der Waals surface area contributed by atoms with Crippen LogP contribution in [0.25, 0.3) is 0 Å². The zero-order valence-corrected chi connectivity index (χ0v) is 12.2. The van der Waals surface area contributed by atoms with Gasteiger partial charge in [-0.2, -0.15) is 0 Å². The third kappa shape index (κ3) is 3.34. The van der Waals surface area contributed by atoms with Gasteiger partial charge in [0, 0.05) is 19.0 Å². The van der Waals surface area contributed by atoms with Crippen LogP contribution in [0.1, 0.15) is 17.5 Å². The molecule has 0 saturated heterocycles. The average molecular weight is 303 g/mol. The van der Waals surface area contributed by atoms with E-state index in [1.165, 1.54) is 5.56 Å². The fourth-order valence-electron chi connectivity index (χ4n) is 2.35. The lowest BCUT2D eigenvalue weighted by Gasteiger charge is -2.07. The Labute approximate surface area is 128 Å². The van der Waals surface area contributed by atoms with Crippen molar-refractivity contribution in [2.45, 2.75) is 19.3 Å². The van der Waals surface area contributed by atoms with Gasteiger partial charge in [0.2, 0.25) is 5.91 Å². The molecule has 1 amide bonds. The van der Waals surface area contributed by atoms with Crippen LogP contribution in [-0.2, 0) is 17.6 Å². The number of halogens is 1. The predicted octanol–water partition coefficient (Wildman–Crippen LogP) is 3.24. The summed E-state index contributed by atoms with van der Waals surface area (Å²) in [5.74, 6) is 0.895. The van der Waals surface area contributed by atoms with Crippen LogP contribution in [0, 0.1) is 0 Å². The Bertz CT molecular complexity index is 673. The molecule has 1 aromatic carbocycles. The molecular weight excluding hydrogens is 288 g/mol. The second-order valence-electron chi connectivity index (χ2n) is 4.93. The molecule has 5 heteroatoms. The minimum absolute atomic E-state index is 0.0679. The van der Waals surface area contributed by atoms with Crippen LogP contribution in [-0.4, -0.2) is 17.5 Å². The lowest BCUT2D eigenvalue weighted by atomic mass is 10.0. The maximum Gasteiger partial charge on any atom is 0.224 e. The molecule has 4 nitrogen and oxygen atoms in total. The number of fused-ring (bicyclic) bond motifs is 1. The van der Waals surface area contributed by atoms with Crippen LogP contribution in [0.2, 0.25) is 5.15 Å². The zero-order chi connectivity index (χ0) is 14.7. The Kier molecular flexibility index (Phi) is 4.06. The van der Waals surface area contributed by atoms with Crippen molar-refractivity contribution in [2.24, 2.45) is 0 Å². The summed E-state index contributed by atoms with van der Waals surface area (Å²) < 4.78 is 5.47. The van der Waals surface area contributed by atoms with Crippen molar-refractivity contribution in [3.05, 3.63) is 52.8 Å². The maximum absolute atomic E-state index is 11.9. The van der Waals surface area contributed by atoms with E-state index in [2.05, 4.69) is 16.4 Å². The number of aryl methyl sites for hydroxylation is 1. The third-order valence-corrected chi connectivity index (χ3v) is 3.73. The average Bonchev–Trinajstić information content (AvgIpc) is 2.95. The summed E-state index contributed by atoms with van der Waals surface area (Å²) in [5.41, 5.74) is 2.92. The molecule has 0 radical (unpaired) electrons. The Hall–Kier alpha value is -2.07. The van der Waals surface area contributed by atoms with Gasteiger partial charge < -0.3 is 10.1 Å². The van der Waals surface area contributed by atoms with E-state index < -0.39 is 0 Å². The molecule has 1 aliphatic rings. The molecule has 0 saturated carbocycles. The summed E-state index contributed by atoms with van der Waals surface area (Å²) in [6.07, 6.45) is 3.63. The monoisotopic (exact) mass is 302 g/mol. The summed E-state index contributed by atoms with van der Waals surface area (Å²) in [6, 6.07) is 9.58. The molecule has 0 bridgehead atoms. The summed E-state index contributed by atoms with van der Waals surface area (Å²) in [6.45, 7) is 0.749. The topological polar surface area (TPSA) is 51.2 Å². The fraction of sp³-hybridized carbons (Fsp3) is 0.250. The molecule has 21 heavy (non-hydrogen) atoms. The molecule has 0 atom stereocenters. The quantitative estimate of drug-likeness (QED) is 0.882. The lowest BCUT2D eigenvalue weighted by Crippen LogP contribution is -2.12. The molecule has 0 aliphatic carbocycles. The number of carbonyl (C=O) groups is 1. The van der Waals surface area contributed by atoms with Crippen molar-refractivity contribution < 1.29 is 9.53 Å². The van der Waals surface area contributed by atoms with Gasteiger partial charge in [0.05, 0.1) is 12.3 Å². The second kappa shape index (κ2) is 6.14. The van der Waals surface area contributed by atoms with Gasteiger partial charge in [0.25, 0.3) is 0 Å². The first kappa shape index (κ1) is 13.9. The van der Waals surface area contributed by atoms with Crippen molar-refractivity contribution in [3.63, 3.8) is 0 Å². The number of hydrogen-bond acceptors (Lipinski definition) is 3. The van der Waals surface area contributed by atoms with Gasteiger partial charge in [-0.05, 0) is 35.7 Å². The molecule has 1 N–H and O–H groups in total. The molecule has 2 aromatic rings. The van der Waals surface area contributed by atoms with Crippen LogP contribution in [0.5, 0.6) is 5.75 Å². The van der Waals surface area contributed by atoms with Crippen LogP contribution in [0.15, 0.2) is 36.5 Å². The third-order valence-electron chi connectivity index (χ3n) is 3.43. The summed E-state index contributed by atoms with van der Waals surface area (Å²) in [7, 11) is 0. The van der Waals surface area contributed by atoms with E-state index in [9.17, 15) is 4.79 Å². The number of nitrogens with one attached hydrogen (secondary N) is 1. The first-order chi connectivity index (χ1) is 10.2. The molecule has 0 spiro atoms. The smallest absolute Gasteiger partial charge is 0.224 e. The number of benzene rings is 1. The van der Waals surface area contributed by atoms with Gasteiger partial charge in [-0.25, -0.2) is 4.98 Å². The summed E-state index contributed by atoms with van der Waals surface area (Å²) >= 11 is 5.91. The van der Waals surface area contributed by atoms with Crippen molar-refractivity contribution >= 4 is 23.2 Å². The van der Waals surface area contributed by atoms with Crippen molar-refractivity contribution in [2.75, 3.05) is 11.9 Å². The normalized spacial score (nSPS) is 12.6. The van der Waals surface area contributed by atoms with Crippen LogP contribution in [0.3, 0.4) is 0 Å². The minimum atomic E-state index is -0.0679. The van der Waals surface area contributed by atoms with Gasteiger partial charge >= 0.3 is 0 Å². The first-order valence-electron chi connectivity index (χ1n) is 6.87. The number of anilines is 1. The van der Waals surface area contributed by atoms with Gasteiger partial charge in [0.1, 0.15) is 5.75 Å². The molecule has 0 fully saturated rings. The number of ether oxygens (including phenoxy) is 1. The number of nitrogens with zero attached hydrogens (tertiary/aromatic N) is 1. The van der Waals surface area contributed by atoms with Crippen molar-refractivity contribution in [1.82, 2.24) is 4.98 Å². The standard InChI is InChI=1S/C16H15ClN2O2/c17-16-13(2-1-8-18-16)19-15(20)6-4-11-3-5-14-12(10-11)7-9-21-14/h1-3,5,8,10H,4,6-7,9H2,(H,19,20). The number of rotatable bonds is 4. The van der Waals surface area contributed by atoms with E-state index in [0.29, 0.717) is 23.7 Å². The fourth-order valence-corrected chi connectivity index (χ4v) is 2.51. The van der Waals surface area contributed by atoms with E-state index in [0.717, 1.165) is 24.3 Å². The van der Waals surface area contributed by atoms with Gasteiger partial charge in [-0.15, -0.1) is 0 Å². The van der Waals surface area contributed by atoms with E-state index >= 15 is 0 Å². The maximum atomic E-state index is 11.9. The minimum Gasteiger partial charge on any atom is -0.493 e. The highest BCUT2D eigenvalue weighted by molar-refractivity contribution is 6.32. The van der Waals surface area contributed by atoms with E-state index in [1.807, 2.05) is 12.1 Å².